The molecule has 0 spiro atoms. The predicted octanol–water partition coefficient (Wildman–Crippen LogP) is 2.76. The second-order valence-electron chi connectivity index (χ2n) is 6.35. The molecule has 0 aromatic heterocycles. The number of primary amides is 1. The van der Waals surface area contributed by atoms with Gasteiger partial charge in [0.2, 0.25) is 11.8 Å². The fraction of sp³-hybridized carbons (Fsp3) is 0.263. The number of halogens is 5. The SMILES string of the molecule is CN(CC(=O)NCc1ccc(F)cc1C(F)(F)F)C(C(N)=O)c1cccc(F)c1. The van der Waals surface area contributed by atoms with E-state index in [1.54, 1.807) is 0 Å². The lowest BCUT2D eigenvalue weighted by molar-refractivity contribution is -0.138. The molecule has 29 heavy (non-hydrogen) atoms. The normalized spacial score (nSPS) is 12.7. The molecule has 0 fully saturated rings. The summed E-state index contributed by atoms with van der Waals surface area (Å²) in [7, 11) is 1.39. The summed E-state index contributed by atoms with van der Waals surface area (Å²) in [6, 6.07) is 6.13. The van der Waals surface area contributed by atoms with Gasteiger partial charge in [-0.2, -0.15) is 13.2 Å². The summed E-state index contributed by atoms with van der Waals surface area (Å²) in [5, 5.41) is 2.29. The molecule has 5 nitrogen and oxygen atoms in total. The number of nitrogens with two attached hydrogens (primary N) is 1. The summed E-state index contributed by atoms with van der Waals surface area (Å²) in [6.07, 6.45) is -4.78. The maximum atomic E-state index is 13.4. The van der Waals surface area contributed by atoms with Crippen LogP contribution in [0.3, 0.4) is 0 Å². The topological polar surface area (TPSA) is 75.4 Å². The highest BCUT2D eigenvalue weighted by Crippen LogP contribution is 2.32. The first-order valence-corrected chi connectivity index (χ1v) is 8.36. The lowest BCUT2D eigenvalue weighted by Crippen LogP contribution is -2.41. The summed E-state index contributed by atoms with van der Waals surface area (Å²) in [5.41, 5.74) is 4.07. The van der Waals surface area contributed by atoms with Crippen LogP contribution in [-0.2, 0) is 22.3 Å². The van der Waals surface area contributed by atoms with Crippen molar-refractivity contribution in [3.8, 4) is 0 Å². The van der Waals surface area contributed by atoms with E-state index < -0.39 is 54.3 Å². The van der Waals surface area contributed by atoms with Crippen LogP contribution in [0, 0.1) is 11.6 Å². The van der Waals surface area contributed by atoms with Gasteiger partial charge in [0, 0.05) is 6.54 Å². The molecular weight excluding hydrogens is 397 g/mol. The number of amides is 2. The molecule has 0 saturated heterocycles. The highest BCUT2D eigenvalue weighted by molar-refractivity contribution is 5.83. The zero-order valence-corrected chi connectivity index (χ0v) is 15.3. The molecule has 1 atom stereocenters. The number of carbonyl (C=O) groups excluding carboxylic acids is 2. The van der Waals surface area contributed by atoms with Gasteiger partial charge in [0.15, 0.2) is 0 Å². The van der Waals surface area contributed by atoms with Gasteiger partial charge >= 0.3 is 6.18 Å². The van der Waals surface area contributed by atoms with Crippen LogP contribution in [0.15, 0.2) is 42.5 Å². The standard InChI is InChI=1S/C19H18F5N3O2/c1-27(17(18(25)29)11-3-2-4-13(20)7-11)10-16(28)26-9-12-5-6-14(21)8-15(12)19(22,23)24/h2-8,17H,9-10H2,1H3,(H2,25,29)(H,26,28). The minimum atomic E-state index is -4.78. The minimum absolute atomic E-state index is 0.227. The van der Waals surface area contributed by atoms with Crippen LogP contribution in [0.4, 0.5) is 22.0 Å². The Kier molecular flexibility index (Phi) is 6.91. The number of hydrogen-bond acceptors (Lipinski definition) is 3. The van der Waals surface area contributed by atoms with E-state index in [4.69, 9.17) is 5.73 Å². The molecule has 1 unspecified atom stereocenters. The Labute approximate surface area is 163 Å². The van der Waals surface area contributed by atoms with E-state index in [1.165, 1.54) is 30.1 Å². The van der Waals surface area contributed by atoms with Crippen LogP contribution in [0.5, 0.6) is 0 Å². The molecule has 0 bridgehead atoms. The van der Waals surface area contributed by atoms with Crippen molar-refractivity contribution in [3.05, 3.63) is 70.8 Å². The van der Waals surface area contributed by atoms with E-state index in [2.05, 4.69) is 5.32 Å². The first kappa shape index (κ1) is 22.3. The van der Waals surface area contributed by atoms with Gasteiger partial charge in [-0.1, -0.05) is 18.2 Å². The van der Waals surface area contributed by atoms with Crippen LogP contribution >= 0.6 is 0 Å². The van der Waals surface area contributed by atoms with Crippen molar-refractivity contribution in [3.63, 3.8) is 0 Å². The van der Waals surface area contributed by atoms with Gasteiger partial charge in [0.25, 0.3) is 0 Å². The second kappa shape index (κ2) is 8.99. The molecule has 10 heteroatoms. The van der Waals surface area contributed by atoms with Gasteiger partial charge in [-0.25, -0.2) is 8.78 Å². The average molecular weight is 415 g/mol. The highest BCUT2D eigenvalue weighted by Gasteiger charge is 2.34. The number of rotatable bonds is 7. The molecular formula is C19H18F5N3O2. The van der Waals surface area contributed by atoms with Crippen LogP contribution in [0.25, 0.3) is 0 Å². The van der Waals surface area contributed by atoms with Gasteiger partial charge in [-0.15, -0.1) is 0 Å². The fourth-order valence-corrected chi connectivity index (χ4v) is 2.85. The number of carbonyl (C=O) groups is 2. The molecule has 0 heterocycles. The molecule has 0 aliphatic rings. The van der Waals surface area contributed by atoms with E-state index in [0.29, 0.717) is 6.07 Å². The highest BCUT2D eigenvalue weighted by atomic mass is 19.4. The van der Waals surface area contributed by atoms with Crippen LogP contribution in [-0.4, -0.2) is 30.3 Å². The first-order valence-electron chi connectivity index (χ1n) is 8.36. The third kappa shape index (κ3) is 5.98. The van der Waals surface area contributed by atoms with Gasteiger partial charge < -0.3 is 11.1 Å². The number of likely N-dealkylation sites (N-methyl/N-ethyl adjacent to an activating group) is 1. The molecule has 0 saturated carbocycles. The van der Waals surface area contributed by atoms with E-state index in [0.717, 1.165) is 18.2 Å². The molecule has 2 aromatic carbocycles. The number of nitrogens with zero attached hydrogens (tertiary/aromatic N) is 1. The summed E-state index contributed by atoms with van der Waals surface area (Å²) in [4.78, 5) is 25.1. The Bertz CT molecular complexity index is 902. The maximum Gasteiger partial charge on any atom is 0.416 e. The molecule has 0 radical (unpaired) electrons. The van der Waals surface area contributed by atoms with Gasteiger partial charge in [0.05, 0.1) is 12.1 Å². The van der Waals surface area contributed by atoms with Crippen LogP contribution in [0.2, 0.25) is 0 Å². The van der Waals surface area contributed by atoms with Crippen LogP contribution in [0.1, 0.15) is 22.7 Å². The van der Waals surface area contributed by atoms with Crippen molar-refractivity contribution < 1.29 is 31.5 Å². The average Bonchev–Trinajstić information content (AvgIpc) is 2.59. The van der Waals surface area contributed by atoms with E-state index in [9.17, 15) is 31.5 Å². The fourth-order valence-electron chi connectivity index (χ4n) is 2.85. The summed E-state index contributed by atoms with van der Waals surface area (Å²) in [6.45, 7) is -0.893. The largest absolute Gasteiger partial charge is 0.416 e. The molecule has 3 N–H and O–H groups in total. The Morgan fingerprint density at radius 2 is 1.76 bits per heavy atom. The third-order valence-corrected chi connectivity index (χ3v) is 4.12. The monoisotopic (exact) mass is 415 g/mol. The lowest BCUT2D eigenvalue weighted by atomic mass is 10.0. The van der Waals surface area contributed by atoms with Crippen molar-refractivity contribution >= 4 is 11.8 Å². The van der Waals surface area contributed by atoms with Crippen molar-refractivity contribution in [2.75, 3.05) is 13.6 Å². The number of benzene rings is 2. The first-order chi connectivity index (χ1) is 13.5. The Hall–Kier alpha value is -3.01. The summed E-state index contributed by atoms with van der Waals surface area (Å²) in [5.74, 6) is -3.18. The molecule has 0 aliphatic carbocycles. The molecule has 156 valence electrons. The van der Waals surface area contributed by atoms with Crippen molar-refractivity contribution in [2.24, 2.45) is 5.73 Å². The number of alkyl halides is 3. The second-order valence-corrected chi connectivity index (χ2v) is 6.35. The van der Waals surface area contributed by atoms with Gasteiger partial charge in [-0.3, -0.25) is 14.5 Å². The summed E-state index contributed by atoms with van der Waals surface area (Å²) < 4.78 is 65.6. The van der Waals surface area contributed by atoms with Gasteiger partial charge in [0.1, 0.15) is 17.7 Å². The zero-order valence-electron chi connectivity index (χ0n) is 15.3. The smallest absolute Gasteiger partial charge is 0.368 e. The van der Waals surface area contributed by atoms with E-state index in [-0.39, 0.29) is 11.1 Å². The van der Waals surface area contributed by atoms with Crippen LogP contribution < -0.4 is 11.1 Å². The molecule has 2 rings (SSSR count). The van der Waals surface area contributed by atoms with E-state index in [1.807, 2.05) is 0 Å². The molecule has 2 amide bonds. The third-order valence-electron chi connectivity index (χ3n) is 4.12. The zero-order chi connectivity index (χ0) is 21.8. The quantitative estimate of drug-likeness (QED) is 0.683. The summed E-state index contributed by atoms with van der Waals surface area (Å²) >= 11 is 0. The number of hydrogen-bond donors (Lipinski definition) is 2. The van der Waals surface area contributed by atoms with Crippen molar-refractivity contribution in [1.82, 2.24) is 10.2 Å². The van der Waals surface area contributed by atoms with Crippen molar-refractivity contribution in [1.29, 1.82) is 0 Å². The predicted molar refractivity (Wildman–Crippen MR) is 94.2 cm³/mol. The Morgan fingerprint density at radius 1 is 1.10 bits per heavy atom. The molecule has 0 aliphatic heterocycles. The Morgan fingerprint density at radius 3 is 2.34 bits per heavy atom. The van der Waals surface area contributed by atoms with Gasteiger partial charge in [-0.05, 0) is 42.4 Å². The lowest BCUT2D eigenvalue weighted by Gasteiger charge is -2.25. The van der Waals surface area contributed by atoms with Crippen molar-refractivity contribution in [2.45, 2.75) is 18.8 Å². The minimum Gasteiger partial charge on any atom is -0.368 e. The maximum absolute atomic E-state index is 13.4. The number of nitrogens with one attached hydrogen (secondary N) is 1. The Balaban J connectivity index is 2.08. The van der Waals surface area contributed by atoms with E-state index >= 15 is 0 Å². The molecule has 2 aromatic rings.